The van der Waals surface area contributed by atoms with Crippen LogP contribution < -0.4 is 15.4 Å². The third kappa shape index (κ3) is 6.13. The fourth-order valence-electron chi connectivity index (χ4n) is 2.83. The van der Waals surface area contributed by atoms with Crippen LogP contribution in [0.15, 0.2) is 60.8 Å². The Balaban J connectivity index is 1.62. The van der Waals surface area contributed by atoms with Gasteiger partial charge in [-0.1, -0.05) is 25.4 Å². The van der Waals surface area contributed by atoms with E-state index >= 15 is 0 Å². The summed E-state index contributed by atoms with van der Waals surface area (Å²) in [4.78, 5) is 16.5. The summed E-state index contributed by atoms with van der Waals surface area (Å²) in [6, 6.07) is 12.7. The Kier molecular flexibility index (Phi) is 7.25. The molecule has 9 heteroatoms. The van der Waals surface area contributed by atoms with Crippen molar-refractivity contribution in [1.29, 1.82) is 0 Å². The molecular formula is C23H21ClF3N3O2. The number of hydrogen-bond acceptors (Lipinski definition) is 3. The molecular weight excluding hydrogens is 443 g/mol. The predicted molar refractivity (Wildman–Crippen MR) is 119 cm³/mol. The fourth-order valence-corrected chi connectivity index (χ4v) is 3.05. The number of urea groups is 1. The molecule has 1 aromatic heterocycles. The van der Waals surface area contributed by atoms with E-state index in [2.05, 4.69) is 29.5 Å². The van der Waals surface area contributed by atoms with E-state index < -0.39 is 22.8 Å². The molecule has 0 saturated carbocycles. The number of ether oxygens (including phenoxy) is 1. The number of alkyl halides is 3. The topological polar surface area (TPSA) is 63.2 Å². The first kappa shape index (κ1) is 23.4. The van der Waals surface area contributed by atoms with Gasteiger partial charge in [0, 0.05) is 29.3 Å². The van der Waals surface area contributed by atoms with E-state index in [-0.39, 0.29) is 5.69 Å². The first-order chi connectivity index (χ1) is 15.2. The number of pyridine rings is 1. The molecule has 0 aliphatic carbocycles. The molecule has 0 radical (unpaired) electrons. The predicted octanol–water partition coefficient (Wildman–Crippen LogP) is 7.70. The van der Waals surface area contributed by atoms with Crippen LogP contribution in [-0.2, 0) is 6.18 Å². The van der Waals surface area contributed by atoms with E-state index in [9.17, 15) is 18.0 Å². The number of anilines is 2. The third-order valence-electron chi connectivity index (χ3n) is 4.75. The molecule has 0 aliphatic heterocycles. The van der Waals surface area contributed by atoms with Crippen LogP contribution in [0, 0.1) is 0 Å². The van der Waals surface area contributed by atoms with Gasteiger partial charge in [-0.15, -0.1) is 0 Å². The van der Waals surface area contributed by atoms with Gasteiger partial charge in [-0.3, -0.25) is 4.98 Å². The molecule has 32 heavy (non-hydrogen) atoms. The second kappa shape index (κ2) is 9.91. The molecule has 3 rings (SSSR count). The van der Waals surface area contributed by atoms with Crippen molar-refractivity contribution in [3.05, 3.63) is 77.1 Å². The number of nitrogens with zero attached hydrogens (tertiary/aromatic N) is 1. The lowest BCUT2D eigenvalue weighted by Crippen LogP contribution is -2.19. The maximum absolute atomic E-state index is 13.0. The van der Waals surface area contributed by atoms with E-state index in [1.807, 2.05) is 6.07 Å². The summed E-state index contributed by atoms with van der Waals surface area (Å²) in [6.07, 6.45) is -1.96. The minimum atomic E-state index is -4.62. The van der Waals surface area contributed by atoms with Crippen molar-refractivity contribution in [2.75, 3.05) is 10.6 Å². The number of halogens is 4. The molecule has 0 fully saturated rings. The molecule has 0 bridgehead atoms. The Morgan fingerprint density at radius 3 is 2.34 bits per heavy atom. The number of carbonyl (C=O) groups excluding carboxylic acids is 1. The minimum absolute atomic E-state index is 0.0334. The van der Waals surface area contributed by atoms with Gasteiger partial charge in [-0.25, -0.2) is 4.79 Å². The second-order valence-corrected chi connectivity index (χ2v) is 7.53. The Labute approximate surface area is 188 Å². The SMILES string of the molecule is CCC(C)c1cc(Oc2ccc(NC(=O)Nc3ccc(Cl)c(C(F)(F)F)c3)cc2)ccn1. The van der Waals surface area contributed by atoms with Gasteiger partial charge in [0.25, 0.3) is 0 Å². The molecule has 0 aliphatic rings. The molecule has 1 unspecified atom stereocenters. The number of hydrogen-bond donors (Lipinski definition) is 2. The monoisotopic (exact) mass is 463 g/mol. The van der Waals surface area contributed by atoms with Crippen molar-refractivity contribution in [2.45, 2.75) is 32.4 Å². The summed E-state index contributed by atoms with van der Waals surface area (Å²) in [5, 5.41) is 4.48. The number of amides is 2. The maximum atomic E-state index is 13.0. The first-order valence-corrected chi connectivity index (χ1v) is 10.2. The van der Waals surface area contributed by atoms with Gasteiger partial charge in [0.15, 0.2) is 0 Å². The van der Waals surface area contributed by atoms with E-state index in [1.165, 1.54) is 6.07 Å². The van der Waals surface area contributed by atoms with Crippen molar-refractivity contribution in [1.82, 2.24) is 4.98 Å². The van der Waals surface area contributed by atoms with Gasteiger partial charge in [0.2, 0.25) is 0 Å². The van der Waals surface area contributed by atoms with E-state index in [1.54, 1.807) is 36.5 Å². The van der Waals surface area contributed by atoms with Crippen molar-refractivity contribution in [3.63, 3.8) is 0 Å². The summed E-state index contributed by atoms with van der Waals surface area (Å²) in [5.74, 6) is 1.53. The first-order valence-electron chi connectivity index (χ1n) is 9.84. The molecule has 2 N–H and O–H groups in total. The molecule has 3 aromatic rings. The normalized spacial score (nSPS) is 12.2. The highest BCUT2D eigenvalue weighted by Gasteiger charge is 2.33. The maximum Gasteiger partial charge on any atom is 0.417 e. The minimum Gasteiger partial charge on any atom is -0.457 e. The third-order valence-corrected chi connectivity index (χ3v) is 5.08. The fraction of sp³-hybridized carbons (Fsp3) is 0.217. The zero-order valence-electron chi connectivity index (χ0n) is 17.3. The van der Waals surface area contributed by atoms with Gasteiger partial charge >= 0.3 is 12.2 Å². The average Bonchev–Trinajstić information content (AvgIpc) is 2.75. The van der Waals surface area contributed by atoms with Crippen LogP contribution >= 0.6 is 11.6 Å². The van der Waals surface area contributed by atoms with Crippen LogP contribution in [0.4, 0.5) is 29.3 Å². The van der Waals surface area contributed by atoms with Crippen LogP contribution in [0.1, 0.15) is 37.4 Å². The molecule has 1 atom stereocenters. The molecule has 168 valence electrons. The van der Waals surface area contributed by atoms with Crippen molar-refractivity contribution in [3.8, 4) is 11.5 Å². The van der Waals surface area contributed by atoms with Gasteiger partial charge < -0.3 is 15.4 Å². The van der Waals surface area contributed by atoms with E-state index in [4.69, 9.17) is 16.3 Å². The van der Waals surface area contributed by atoms with Crippen LogP contribution in [0.2, 0.25) is 5.02 Å². The van der Waals surface area contributed by atoms with Gasteiger partial charge in [-0.05, 0) is 60.9 Å². The smallest absolute Gasteiger partial charge is 0.417 e. The Hall–Kier alpha value is -3.26. The number of aromatic nitrogens is 1. The van der Waals surface area contributed by atoms with Crippen molar-refractivity contribution in [2.24, 2.45) is 0 Å². The lowest BCUT2D eigenvalue weighted by molar-refractivity contribution is -0.137. The van der Waals surface area contributed by atoms with Crippen molar-refractivity contribution < 1.29 is 22.7 Å². The molecule has 0 saturated heterocycles. The van der Waals surface area contributed by atoms with Gasteiger partial charge in [-0.2, -0.15) is 13.2 Å². The zero-order valence-corrected chi connectivity index (χ0v) is 18.1. The number of benzene rings is 2. The molecule has 2 amide bonds. The number of carbonyl (C=O) groups is 1. The highest BCUT2D eigenvalue weighted by atomic mass is 35.5. The molecule has 1 heterocycles. The van der Waals surface area contributed by atoms with Crippen LogP contribution in [0.5, 0.6) is 11.5 Å². The summed E-state index contributed by atoms with van der Waals surface area (Å²) < 4.78 is 44.7. The Morgan fingerprint density at radius 1 is 1.03 bits per heavy atom. The second-order valence-electron chi connectivity index (χ2n) is 7.12. The van der Waals surface area contributed by atoms with E-state index in [0.29, 0.717) is 23.1 Å². The van der Waals surface area contributed by atoms with Gasteiger partial charge in [0.1, 0.15) is 11.5 Å². The Bertz CT molecular complexity index is 1090. The highest BCUT2D eigenvalue weighted by molar-refractivity contribution is 6.31. The lowest BCUT2D eigenvalue weighted by atomic mass is 10.0. The molecule has 0 spiro atoms. The Morgan fingerprint density at radius 2 is 1.69 bits per heavy atom. The van der Waals surface area contributed by atoms with Crippen molar-refractivity contribution >= 4 is 29.0 Å². The largest absolute Gasteiger partial charge is 0.457 e. The number of rotatable bonds is 6. The van der Waals surface area contributed by atoms with Crippen LogP contribution in [0.25, 0.3) is 0 Å². The summed E-state index contributed by atoms with van der Waals surface area (Å²) >= 11 is 5.59. The quantitative estimate of drug-likeness (QED) is 0.393. The standard InChI is InChI=1S/C23H21ClF3N3O2/c1-3-14(2)21-13-18(10-11-28-21)32-17-7-4-15(5-8-17)29-22(31)30-16-6-9-20(24)19(12-16)23(25,26)27/h4-14H,3H2,1-2H3,(H2,29,30,31). The summed E-state index contributed by atoms with van der Waals surface area (Å²) in [5.41, 5.74) is 0.325. The zero-order chi connectivity index (χ0) is 23.3. The van der Waals surface area contributed by atoms with Crippen LogP contribution in [-0.4, -0.2) is 11.0 Å². The summed E-state index contributed by atoms with van der Waals surface area (Å²) in [7, 11) is 0. The van der Waals surface area contributed by atoms with E-state index in [0.717, 1.165) is 24.2 Å². The average molecular weight is 464 g/mol. The summed E-state index contributed by atoms with van der Waals surface area (Å²) in [6.45, 7) is 4.18. The van der Waals surface area contributed by atoms with Gasteiger partial charge in [0.05, 0.1) is 10.6 Å². The lowest BCUT2D eigenvalue weighted by Gasteiger charge is -2.13. The van der Waals surface area contributed by atoms with Crippen LogP contribution in [0.3, 0.4) is 0 Å². The molecule has 5 nitrogen and oxygen atoms in total. The molecule has 2 aromatic carbocycles. The number of nitrogens with one attached hydrogen (secondary N) is 2. The highest BCUT2D eigenvalue weighted by Crippen LogP contribution is 2.36.